The molecular formula is C12H13NO2. The van der Waals surface area contributed by atoms with E-state index in [4.69, 9.17) is 5.11 Å². The van der Waals surface area contributed by atoms with Gasteiger partial charge in [-0.1, -0.05) is 30.2 Å². The second kappa shape index (κ2) is 5.84. The predicted octanol–water partition coefficient (Wildman–Crippen LogP) is 0.818. The van der Waals surface area contributed by atoms with Gasteiger partial charge in [-0.25, -0.2) is 0 Å². The highest BCUT2D eigenvalue weighted by Gasteiger charge is 1.96. The molecule has 0 saturated heterocycles. The molecular weight excluding hydrogens is 190 g/mol. The lowest BCUT2D eigenvalue weighted by Gasteiger charge is -2.02. The Morgan fingerprint density at radius 2 is 1.93 bits per heavy atom. The highest BCUT2D eigenvalue weighted by atomic mass is 16.3. The van der Waals surface area contributed by atoms with E-state index in [1.807, 2.05) is 24.3 Å². The van der Waals surface area contributed by atoms with E-state index in [0.717, 1.165) is 11.1 Å². The number of hydrogen-bond acceptors (Lipinski definition) is 2. The van der Waals surface area contributed by atoms with Crippen LogP contribution in [0.25, 0.3) is 0 Å². The van der Waals surface area contributed by atoms with Crippen molar-refractivity contribution < 1.29 is 9.90 Å². The van der Waals surface area contributed by atoms with Crippen LogP contribution in [0.3, 0.4) is 0 Å². The summed E-state index contributed by atoms with van der Waals surface area (Å²) in [5.74, 6) is 4.65. The Kier molecular flexibility index (Phi) is 4.39. The number of carbonyl (C=O) groups is 1. The van der Waals surface area contributed by atoms with Gasteiger partial charge in [-0.05, 0) is 24.0 Å². The van der Waals surface area contributed by atoms with E-state index in [0.29, 0.717) is 6.54 Å². The minimum absolute atomic E-state index is 0.0357. The summed E-state index contributed by atoms with van der Waals surface area (Å²) in [6, 6.07) is 7.39. The fraction of sp³-hybridized carbons (Fsp3) is 0.250. The Labute approximate surface area is 89.1 Å². The summed E-state index contributed by atoms with van der Waals surface area (Å²) in [5.41, 5.74) is 1.84. The summed E-state index contributed by atoms with van der Waals surface area (Å²) >= 11 is 0. The third-order valence-corrected chi connectivity index (χ3v) is 1.90. The fourth-order valence-electron chi connectivity index (χ4n) is 1.10. The monoisotopic (exact) mass is 203 g/mol. The molecule has 0 heterocycles. The molecule has 2 N–H and O–H groups in total. The van der Waals surface area contributed by atoms with Crippen LogP contribution in [0.5, 0.6) is 0 Å². The molecule has 0 unspecified atom stereocenters. The van der Waals surface area contributed by atoms with Gasteiger partial charge in [0.05, 0.1) is 6.61 Å². The van der Waals surface area contributed by atoms with Crippen molar-refractivity contribution >= 4 is 5.91 Å². The average Bonchev–Trinajstić information content (AvgIpc) is 2.27. The predicted molar refractivity (Wildman–Crippen MR) is 57.7 cm³/mol. The minimum atomic E-state index is -0.274. The summed E-state index contributed by atoms with van der Waals surface area (Å²) in [6.07, 6.45) is 0. The van der Waals surface area contributed by atoms with Crippen molar-refractivity contribution in [3.63, 3.8) is 0 Å². The minimum Gasteiger partial charge on any atom is -0.392 e. The Morgan fingerprint density at radius 3 is 2.47 bits per heavy atom. The van der Waals surface area contributed by atoms with Crippen LogP contribution in [0.4, 0.5) is 0 Å². The normalized spacial score (nSPS) is 8.93. The molecule has 3 heteroatoms. The van der Waals surface area contributed by atoms with Crippen molar-refractivity contribution in [3.05, 3.63) is 35.4 Å². The molecule has 0 bridgehead atoms. The standard InChI is InChI=1S/C12H13NO2/c1-2-3-12(15)13-8-10-4-6-11(9-14)7-5-10/h4-7,14H,8-9H2,1H3,(H,13,15). The van der Waals surface area contributed by atoms with E-state index in [2.05, 4.69) is 17.2 Å². The lowest BCUT2D eigenvalue weighted by Crippen LogP contribution is -2.20. The highest BCUT2D eigenvalue weighted by molar-refractivity contribution is 5.93. The first-order chi connectivity index (χ1) is 7.26. The second-order valence-electron chi connectivity index (χ2n) is 3.03. The quantitative estimate of drug-likeness (QED) is 0.714. The molecule has 0 aliphatic heterocycles. The maximum absolute atomic E-state index is 11.0. The zero-order valence-electron chi connectivity index (χ0n) is 8.58. The smallest absolute Gasteiger partial charge is 0.296 e. The summed E-state index contributed by atoms with van der Waals surface area (Å²) < 4.78 is 0. The van der Waals surface area contributed by atoms with E-state index < -0.39 is 0 Å². The van der Waals surface area contributed by atoms with Gasteiger partial charge in [-0.2, -0.15) is 0 Å². The molecule has 0 atom stereocenters. The van der Waals surface area contributed by atoms with Gasteiger partial charge < -0.3 is 10.4 Å². The summed E-state index contributed by atoms with van der Waals surface area (Å²) in [4.78, 5) is 11.0. The average molecular weight is 203 g/mol. The first-order valence-electron chi connectivity index (χ1n) is 4.65. The maximum Gasteiger partial charge on any atom is 0.296 e. The van der Waals surface area contributed by atoms with E-state index in [1.54, 1.807) is 6.92 Å². The Hall–Kier alpha value is -1.79. The molecule has 15 heavy (non-hydrogen) atoms. The lowest BCUT2D eigenvalue weighted by molar-refractivity contribution is -0.115. The van der Waals surface area contributed by atoms with Gasteiger partial charge in [-0.3, -0.25) is 4.79 Å². The molecule has 0 saturated carbocycles. The Morgan fingerprint density at radius 1 is 1.33 bits per heavy atom. The Balaban J connectivity index is 2.50. The van der Waals surface area contributed by atoms with Gasteiger partial charge in [-0.15, -0.1) is 0 Å². The molecule has 0 radical (unpaired) electrons. The van der Waals surface area contributed by atoms with Crippen LogP contribution in [0.2, 0.25) is 0 Å². The molecule has 3 nitrogen and oxygen atoms in total. The summed E-state index contributed by atoms with van der Waals surface area (Å²) in [7, 11) is 0. The fourth-order valence-corrected chi connectivity index (χ4v) is 1.10. The van der Waals surface area contributed by atoms with Gasteiger partial charge in [0.15, 0.2) is 0 Å². The molecule has 1 rings (SSSR count). The van der Waals surface area contributed by atoms with E-state index in [-0.39, 0.29) is 12.5 Å². The molecule has 1 aromatic rings. The lowest BCUT2D eigenvalue weighted by atomic mass is 10.1. The zero-order valence-corrected chi connectivity index (χ0v) is 8.58. The zero-order chi connectivity index (χ0) is 11.1. The van der Waals surface area contributed by atoms with Crippen molar-refractivity contribution in [2.45, 2.75) is 20.1 Å². The number of aliphatic hydroxyl groups is 1. The van der Waals surface area contributed by atoms with Gasteiger partial charge >= 0.3 is 0 Å². The SMILES string of the molecule is CC#CC(=O)NCc1ccc(CO)cc1. The number of rotatable bonds is 3. The number of nitrogens with one attached hydrogen (secondary N) is 1. The summed E-state index contributed by atoms with van der Waals surface area (Å²) in [5, 5.41) is 11.5. The number of carbonyl (C=O) groups excluding carboxylic acids is 1. The largest absolute Gasteiger partial charge is 0.392 e. The molecule has 0 spiro atoms. The molecule has 0 fully saturated rings. The molecule has 0 aliphatic rings. The first-order valence-corrected chi connectivity index (χ1v) is 4.65. The first kappa shape index (κ1) is 11.3. The van der Waals surface area contributed by atoms with Crippen LogP contribution in [-0.4, -0.2) is 11.0 Å². The van der Waals surface area contributed by atoms with Crippen molar-refractivity contribution in [2.24, 2.45) is 0 Å². The van der Waals surface area contributed by atoms with Crippen molar-refractivity contribution in [1.82, 2.24) is 5.32 Å². The molecule has 0 aliphatic carbocycles. The van der Waals surface area contributed by atoms with Gasteiger partial charge in [0.25, 0.3) is 5.91 Å². The number of hydrogen-bond donors (Lipinski definition) is 2. The van der Waals surface area contributed by atoms with Gasteiger partial charge in [0.2, 0.25) is 0 Å². The number of amides is 1. The van der Waals surface area contributed by atoms with Crippen LogP contribution in [0, 0.1) is 11.8 Å². The van der Waals surface area contributed by atoms with Gasteiger partial charge in [0, 0.05) is 6.54 Å². The van der Waals surface area contributed by atoms with Crippen molar-refractivity contribution in [1.29, 1.82) is 0 Å². The van der Waals surface area contributed by atoms with E-state index in [9.17, 15) is 4.79 Å². The van der Waals surface area contributed by atoms with E-state index in [1.165, 1.54) is 0 Å². The van der Waals surface area contributed by atoms with Crippen LogP contribution in [0.1, 0.15) is 18.1 Å². The molecule has 0 aromatic heterocycles. The van der Waals surface area contributed by atoms with Crippen LogP contribution in [-0.2, 0) is 17.9 Å². The van der Waals surface area contributed by atoms with Gasteiger partial charge in [0.1, 0.15) is 0 Å². The molecule has 1 amide bonds. The third kappa shape index (κ3) is 3.84. The number of benzene rings is 1. The van der Waals surface area contributed by atoms with Crippen LogP contribution in [0.15, 0.2) is 24.3 Å². The van der Waals surface area contributed by atoms with Crippen molar-refractivity contribution in [2.75, 3.05) is 0 Å². The summed E-state index contributed by atoms with van der Waals surface area (Å²) in [6.45, 7) is 2.11. The van der Waals surface area contributed by atoms with Crippen molar-refractivity contribution in [3.8, 4) is 11.8 Å². The molecule has 1 aromatic carbocycles. The highest BCUT2D eigenvalue weighted by Crippen LogP contribution is 2.03. The van der Waals surface area contributed by atoms with Crippen LogP contribution >= 0.6 is 0 Å². The third-order valence-electron chi connectivity index (χ3n) is 1.90. The van der Waals surface area contributed by atoms with Crippen LogP contribution < -0.4 is 5.32 Å². The topological polar surface area (TPSA) is 49.3 Å². The maximum atomic E-state index is 11.0. The van der Waals surface area contributed by atoms with E-state index >= 15 is 0 Å². The number of aliphatic hydroxyl groups excluding tert-OH is 1. The molecule has 78 valence electrons. The second-order valence-corrected chi connectivity index (χ2v) is 3.03. The Bertz CT molecular complexity index is 384.